The lowest BCUT2D eigenvalue weighted by molar-refractivity contribution is -0.118. The highest BCUT2D eigenvalue weighted by molar-refractivity contribution is 5.79. The lowest BCUT2D eigenvalue weighted by Gasteiger charge is -2.23. The van der Waals surface area contributed by atoms with Gasteiger partial charge in [-0.2, -0.15) is 5.10 Å². The molecule has 2 aliphatic rings. The third-order valence-electron chi connectivity index (χ3n) is 5.68. The van der Waals surface area contributed by atoms with Crippen LogP contribution in [-0.4, -0.2) is 51.2 Å². The van der Waals surface area contributed by atoms with Crippen molar-refractivity contribution in [2.75, 3.05) is 19.6 Å². The van der Waals surface area contributed by atoms with E-state index in [1.165, 1.54) is 49.7 Å². The number of carbonyl (C=O) groups excluding carboxylic acids is 1. The van der Waals surface area contributed by atoms with Crippen LogP contribution in [0.1, 0.15) is 50.6 Å². The second-order valence-electron chi connectivity index (χ2n) is 7.38. The summed E-state index contributed by atoms with van der Waals surface area (Å²) in [4.78, 5) is 18.3. The van der Waals surface area contributed by atoms with E-state index in [4.69, 9.17) is 5.10 Å². The van der Waals surface area contributed by atoms with Crippen LogP contribution in [0.5, 0.6) is 0 Å². The molecule has 4 rings (SSSR count). The number of nitrogens with one attached hydrogen (secondary N) is 1. The van der Waals surface area contributed by atoms with E-state index < -0.39 is 0 Å². The van der Waals surface area contributed by atoms with Crippen LogP contribution in [0.4, 0.5) is 0 Å². The Hall–Kier alpha value is -1.95. The third-order valence-corrected chi connectivity index (χ3v) is 5.68. The zero-order valence-electron chi connectivity index (χ0n) is 14.9. The van der Waals surface area contributed by atoms with Gasteiger partial charge in [0.1, 0.15) is 0 Å². The first-order valence-corrected chi connectivity index (χ1v) is 9.52. The maximum absolute atomic E-state index is 11.1. The summed E-state index contributed by atoms with van der Waals surface area (Å²) in [7, 11) is 0. The van der Waals surface area contributed by atoms with Crippen LogP contribution in [0.3, 0.4) is 0 Å². The zero-order chi connectivity index (χ0) is 17.2. The Morgan fingerprint density at radius 3 is 2.96 bits per heavy atom. The van der Waals surface area contributed by atoms with Crippen molar-refractivity contribution in [3.8, 4) is 0 Å². The van der Waals surface area contributed by atoms with E-state index in [2.05, 4.69) is 21.3 Å². The van der Waals surface area contributed by atoms with Gasteiger partial charge in [0.2, 0.25) is 5.91 Å². The van der Waals surface area contributed by atoms with E-state index in [9.17, 15) is 4.79 Å². The SMILES string of the molecule is CC(=O)NCCn1nc(C2CCN(C3CCCC3)C2)c2cccnc21. The lowest BCUT2D eigenvalue weighted by atomic mass is 10.0. The molecule has 1 saturated carbocycles. The van der Waals surface area contributed by atoms with E-state index >= 15 is 0 Å². The van der Waals surface area contributed by atoms with Crippen molar-refractivity contribution in [2.45, 2.75) is 57.5 Å². The predicted octanol–water partition coefficient (Wildman–Crippen LogP) is 2.30. The number of fused-ring (bicyclic) bond motifs is 1. The molecule has 2 fully saturated rings. The molecule has 1 unspecified atom stereocenters. The molecule has 0 bridgehead atoms. The molecule has 1 atom stereocenters. The van der Waals surface area contributed by atoms with Gasteiger partial charge in [0.15, 0.2) is 5.65 Å². The minimum Gasteiger partial charge on any atom is -0.354 e. The molecule has 134 valence electrons. The zero-order valence-corrected chi connectivity index (χ0v) is 14.9. The number of hydrogen-bond acceptors (Lipinski definition) is 4. The van der Waals surface area contributed by atoms with Crippen molar-refractivity contribution in [1.82, 2.24) is 25.0 Å². The molecule has 0 radical (unpaired) electrons. The third kappa shape index (κ3) is 3.40. The van der Waals surface area contributed by atoms with Gasteiger partial charge in [0.25, 0.3) is 0 Å². The monoisotopic (exact) mass is 341 g/mol. The number of nitrogens with zero attached hydrogens (tertiary/aromatic N) is 4. The molecule has 1 saturated heterocycles. The van der Waals surface area contributed by atoms with E-state index in [1.54, 1.807) is 6.92 Å². The summed E-state index contributed by atoms with van der Waals surface area (Å²) < 4.78 is 1.96. The van der Waals surface area contributed by atoms with Crippen molar-refractivity contribution >= 4 is 16.9 Å². The molecule has 0 aromatic carbocycles. The van der Waals surface area contributed by atoms with Gasteiger partial charge in [-0.25, -0.2) is 9.67 Å². The minimum atomic E-state index is -0.00681. The van der Waals surface area contributed by atoms with Crippen molar-refractivity contribution in [2.24, 2.45) is 0 Å². The molecular weight excluding hydrogens is 314 g/mol. The summed E-state index contributed by atoms with van der Waals surface area (Å²) in [6.07, 6.45) is 8.50. The first-order chi connectivity index (χ1) is 12.2. The van der Waals surface area contributed by atoms with Crippen molar-refractivity contribution in [1.29, 1.82) is 0 Å². The van der Waals surface area contributed by atoms with Crippen LogP contribution in [-0.2, 0) is 11.3 Å². The standard InChI is InChI=1S/C19H27N5O/c1-14(25)20-10-12-24-19-17(7-4-9-21-19)18(22-24)15-8-11-23(13-15)16-5-2-3-6-16/h4,7,9,15-16H,2-3,5-6,8,10-13H2,1H3,(H,20,25). The van der Waals surface area contributed by atoms with Crippen molar-refractivity contribution in [3.63, 3.8) is 0 Å². The molecule has 6 heteroatoms. The molecule has 6 nitrogen and oxygen atoms in total. The van der Waals surface area contributed by atoms with Crippen LogP contribution >= 0.6 is 0 Å². The molecule has 25 heavy (non-hydrogen) atoms. The normalized spacial score (nSPS) is 22.0. The number of aromatic nitrogens is 3. The quantitative estimate of drug-likeness (QED) is 0.906. The Morgan fingerprint density at radius 2 is 2.16 bits per heavy atom. The van der Waals surface area contributed by atoms with Gasteiger partial charge in [-0.05, 0) is 37.9 Å². The average Bonchev–Trinajstić information content (AvgIpc) is 3.34. The maximum atomic E-state index is 11.1. The second-order valence-corrected chi connectivity index (χ2v) is 7.38. The number of rotatable bonds is 5. The van der Waals surface area contributed by atoms with E-state index in [1.807, 2.05) is 16.9 Å². The van der Waals surface area contributed by atoms with Gasteiger partial charge < -0.3 is 5.32 Å². The smallest absolute Gasteiger partial charge is 0.216 e. The van der Waals surface area contributed by atoms with E-state index in [-0.39, 0.29) is 5.91 Å². The first kappa shape index (κ1) is 16.5. The Balaban J connectivity index is 1.54. The molecule has 1 aliphatic heterocycles. The summed E-state index contributed by atoms with van der Waals surface area (Å²) in [5, 5.41) is 8.92. The van der Waals surface area contributed by atoms with E-state index in [0.717, 1.165) is 18.2 Å². The lowest BCUT2D eigenvalue weighted by Crippen LogP contribution is -2.30. The molecule has 1 amide bonds. The number of likely N-dealkylation sites (tertiary alicyclic amines) is 1. The summed E-state index contributed by atoms with van der Waals surface area (Å²) in [6, 6.07) is 4.92. The van der Waals surface area contributed by atoms with Crippen molar-refractivity contribution < 1.29 is 4.79 Å². The number of pyridine rings is 1. The molecule has 3 heterocycles. The molecular formula is C19H27N5O. The van der Waals surface area contributed by atoms with E-state index in [0.29, 0.717) is 19.0 Å². The first-order valence-electron chi connectivity index (χ1n) is 9.52. The van der Waals surface area contributed by atoms with Crippen LogP contribution in [0.15, 0.2) is 18.3 Å². The summed E-state index contributed by atoms with van der Waals surface area (Å²) in [5.74, 6) is 0.488. The van der Waals surface area contributed by atoms with Gasteiger partial charge in [0, 0.05) is 43.6 Å². The minimum absolute atomic E-state index is 0.00681. The molecule has 2 aromatic rings. The van der Waals surface area contributed by atoms with Gasteiger partial charge in [-0.1, -0.05) is 12.8 Å². The highest BCUT2D eigenvalue weighted by Gasteiger charge is 2.33. The predicted molar refractivity (Wildman–Crippen MR) is 97.4 cm³/mol. The topological polar surface area (TPSA) is 63.1 Å². The van der Waals surface area contributed by atoms with Gasteiger partial charge >= 0.3 is 0 Å². The van der Waals surface area contributed by atoms with Gasteiger partial charge in [-0.3, -0.25) is 9.69 Å². The highest BCUT2D eigenvalue weighted by Crippen LogP contribution is 2.35. The fourth-order valence-electron chi connectivity index (χ4n) is 4.44. The Labute approximate surface area is 148 Å². The number of amides is 1. The Morgan fingerprint density at radius 1 is 1.32 bits per heavy atom. The average molecular weight is 341 g/mol. The highest BCUT2D eigenvalue weighted by atomic mass is 16.1. The molecule has 2 aromatic heterocycles. The summed E-state index contributed by atoms with van der Waals surface area (Å²) >= 11 is 0. The molecule has 1 aliphatic carbocycles. The fourth-order valence-corrected chi connectivity index (χ4v) is 4.44. The Bertz CT molecular complexity index is 749. The van der Waals surface area contributed by atoms with Crippen LogP contribution < -0.4 is 5.32 Å². The number of carbonyl (C=O) groups is 1. The molecule has 1 N–H and O–H groups in total. The summed E-state index contributed by atoms with van der Waals surface area (Å²) in [6.45, 7) is 5.10. The Kier molecular flexibility index (Phi) is 4.70. The van der Waals surface area contributed by atoms with Crippen LogP contribution in [0, 0.1) is 0 Å². The second kappa shape index (κ2) is 7.12. The number of hydrogen-bond donors (Lipinski definition) is 1. The van der Waals surface area contributed by atoms with Gasteiger partial charge in [0.05, 0.1) is 12.2 Å². The largest absolute Gasteiger partial charge is 0.354 e. The van der Waals surface area contributed by atoms with Gasteiger partial charge in [-0.15, -0.1) is 0 Å². The maximum Gasteiger partial charge on any atom is 0.216 e. The fraction of sp³-hybridized carbons (Fsp3) is 0.632. The van der Waals surface area contributed by atoms with Crippen LogP contribution in [0.2, 0.25) is 0 Å². The van der Waals surface area contributed by atoms with Crippen LogP contribution in [0.25, 0.3) is 11.0 Å². The summed E-state index contributed by atoms with van der Waals surface area (Å²) in [5.41, 5.74) is 2.12. The molecule has 0 spiro atoms. The van der Waals surface area contributed by atoms with Crippen molar-refractivity contribution in [3.05, 3.63) is 24.0 Å².